The summed E-state index contributed by atoms with van der Waals surface area (Å²) in [6.45, 7) is 0.659. The highest BCUT2D eigenvalue weighted by Gasteiger charge is 2.03. The van der Waals surface area contributed by atoms with Gasteiger partial charge in [0.05, 0.1) is 13.0 Å². The van der Waals surface area contributed by atoms with Crippen molar-refractivity contribution in [2.75, 3.05) is 11.9 Å². The van der Waals surface area contributed by atoms with E-state index in [1.807, 2.05) is 12.1 Å². The fourth-order valence-electron chi connectivity index (χ4n) is 1.77. The average Bonchev–Trinajstić information content (AvgIpc) is 2.48. The molecule has 4 nitrogen and oxygen atoms in total. The fourth-order valence-corrected chi connectivity index (χ4v) is 1.77. The second kappa shape index (κ2) is 7.40. The van der Waals surface area contributed by atoms with Crippen LogP contribution in [-0.4, -0.2) is 12.5 Å². The molecule has 0 unspecified atom stereocenters. The highest BCUT2D eigenvalue weighted by Crippen LogP contribution is 2.13. The molecule has 0 aliphatic heterocycles. The second-order valence-corrected chi connectivity index (χ2v) is 4.51. The van der Waals surface area contributed by atoms with E-state index in [2.05, 4.69) is 5.32 Å². The normalized spacial score (nSPS) is 10.2. The smallest absolute Gasteiger partial charge is 0.227 e. The Labute approximate surface area is 122 Å². The summed E-state index contributed by atoms with van der Waals surface area (Å²) < 4.78 is 18.2. The number of nitrogens with two attached hydrogens (primary N) is 1. The Hall–Kier alpha value is -2.40. The van der Waals surface area contributed by atoms with Gasteiger partial charge in [-0.25, -0.2) is 4.39 Å². The highest BCUT2D eigenvalue weighted by atomic mass is 19.1. The third kappa shape index (κ3) is 4.89. The third-order valence-electron chi connectivity index (χ3n) is 2.87. The first-order valence-electron chi connectivity index (χ1n) is 6.64. The molecule has 2 aromatic carbocycles. The molecular formula is C16H17FN2O2. The van der Waals surface area contributed by atoms with Crippen molar-refractivity contribution in [2.45, 2.75) is 13.0 Å². The first kappa shape index (κ1) is 15.0. The minimum absolute atomic E-state index is 0.160. The molecule has 1 amide bonds. The van der Waals surface area contributed by atoms with Crippen LogP contribution in [0, 0.1) is 5.82 Å². The number of amides is 1. The molecule has 0 aliphatic carbocycles. The molecular weight excluding hydrogens is 271 g/mol. The summed E-state index contributed by atoms with van der Waals surface area (Å²) in [4.78, 5) is 11.7. The Morgan fingerprint density at radius 1 is 1.19 bits per heavy atom. The first-order chi connectivity index (χ1) is 10.2. The van der Waals surface area contributed by atoms with Crippen LogP contribution in [0.15, 0.2) is 48.5 Å². The standard InChI is InChI=1S/C16H17FN2O2/c17-13-2-1-3-15(10-13)21-9-8-16(20)19-14-6-4-12(11-18)5-7-14/h1-7,10H,8-9,11,18H2,(H,19,20). The van der Waals surface area contributed by atoms with Gasteiger partial charge in [-0.1, -0.05) is 18.2 Å². The molecule has 0 heterocycles. The van der Waals surface area contributed by atoms with Crippen LogP contribution < -0.4 is 15.8 Å². The quantitative estimate of drug-likeness (QED) is 0.859. The van der Waals surface area contributed by atoms with E-state index < -0.39 is 0 Å². The van der Waals surface area contributed by atoms with Crippen LogP contribution in [0.1, 0.15) is 12.0 Å². The van der Waals surface area contributed by atoms with Gasteiger partial charge in [0.2, 0.25) is 5.91 Å². The fraction of sp³-hybridized carbons (Fsp3) is 0.188. The maximum absolute atomic E-state index is 12.9. The summed E-state index contributed by atoms with van der Waals surface area (Å²) in [6.07, 6.45) is 0.190. The molecule has 2 rings (SSSR count). The minimum atomic E-state index is -0.364. The lowest BCUT2D eigenvalue weighted by atomic mass is 10.2. The van der Waals surface area contributed by atoms with Gasteiger partial charge in [0.15, 0.2) is 0 Å². The van der Waals surface area contributed by atoms with Gasteiger partial charge in [-0.2, -0.15) is 0 Å². The number of benzene rings is 2. The van der Waals surface area contributed by atoms with Crippen LogP contribution in [-0.2, 0) is 11.3 Å². The lowest BCUT2D eigenvalue weighted by Gasteiger charge is -2.08. The first-order valence-corrected chi connectivity index (χ1v) is 6.64. The van der Waals surface area contributed by atoms with Gasteiger partial charge in [0, 0.05) is 18.3 Å². The van der Waals surface area contributed by atoms with E-state index in [1.165, 1.54) is 12.1 Å². The molecule has 3 N–H and O–H groups in total. The Morgan fingerprint density at radius 2 is 1.95 bits per heavy atom. The number of carbonyl (C=O) groups is 1. The summed E-state index contributed by atoms with van der Waals surface area (Å²) in [5.74, 6) is -0.112. The largest absolute Gasteiger partial charge is 0.493 e. The lowest BCUT2D eigenvalue weighted by molar-refractivity contribution is -0.116. The summed E-state index contributed by atoms with van der Waals surface area (Å²) >= 11 is 0. The number of halogens is 1. The summed E-state index contributed by atoms with van der Waals surface area (Å²) in [7, 11) is 0. The predicted molar refractivity (Wildman–Crippen MR) is 79.5 cm³/mol. The summed E-state index contributed by atoms with van der Waals surface area (Å²) in [5.41, 5.74) is 7.22. The van der Waals surface area contributed by atoms with Crippen molar-refractivity contribution in [1.82, 2.24) is 0 Å². The van der Waals surface area contributed by atoms with Gasteiger partial charge in [0.25, 0.3) is 0 Å². The van der Waals surface area contributed by atoms with Crippen LogP contribution >= 0.6 is 0 Å². The van der Waals surface area contributed by atoms with Gasteiger partial charge >= 0.3 is 0 Å². The number of ether oxygens (including phenoxy) is 1. The number of nitrogens with one attached hydrogen (secondary N) is 1. The Balaban J connectivity index is 1.76. The molecule has 0 radical (unpaired) electrons. The molecule has 5 heteroatoms. The van der Waals surface area contributed by atoms with Crippen molar-refractivity contribution in [2.24, 2.45) is 5.73 Å². The van der Waals surface area contributed by atoms with E-state index in [-0.39, 0.29) is 24.8 Å². The van der Waals surface area contributed by atoms with Crippen LogP contribution in [0.2, 0.25) is 0 Å². The molecule has 0 bridgehead atoms. The molecule has 21 heavy (non-hydrogen) atoms. The topological polar surface area (TPSA) is 64.3 Å². The van der Waals surface area contributed by atoms with E-state index in [4.69, 9.17) is 10.5 Å². The van der Waals surface area contributed by atoms with Crippen LogP contribution in [0.5, 0.6) is 5.75 Å². The Morgan fingerprint density at radius 3 is 2.62 bits per heavy atom. The van der Waals surface area contributed by atoms with Crippen molar-refractivity contribution in [3.05, 3.63) is 59.9 Å². The maximum Gasteiger partial charge on any atom is 0.227 e. The number of hydrogen-bond donors (Lipinski definition) is 2. The van der Waals surface area contributed by atoms with E-state index in [0.717, 1.165) is 5.56 Å². The summed E-state index contributed by atoms with van der Waals surface area (Å²) in [5, 5.41) is 2.76. The van der Waals surface area contributed by atoms with Crippen LogP contribution in [0.25, 0.3) is 0 Å². The van der Waals surface area contributed by atoms with E-state index >= 15 is 0 Å². The monoisotopic (exact) mass is 288 g/mol. The van der Waals surface area contributed by atoms with Gasteiger partial charge in [0.1, 0.15) is 11.6 Å². The second-order valence-electron chi connectivity index (χ2n) is 4.51. The zero-order chi connectivity index (χ0) is 15.1. The van der Waals surface area contributed by atoms with Crippen molar-refractivity contribution in [3.8, 4) is 5.75 Å². The lowest BCUT2D eigenvalue weighted by Crippen LogP contribution is -2.15. The van der Waals surface area contributed by atoms with Gasteiger partial charge in [-0.15, -0.1) is 0 Å². The molecule has 110 valence electrons. The Bertz CT molecular complexity index is 599. The molecule has 0 fully saturated rings. The van der Waals surface area contributed by atoms with Gasteiger partial charge < -0.3 is 15.8 Å². The van der Waals surface area contributed by atoms with Gasteiger partial charge in [-0.3, -0.25) is 4.79 Å². The number of anilines is 1. The van der Waals surface area contributed by atoms with Crippen molar-refractivity contribution in [3.63, 3.8) is 0 Å². The van der Waals surface area contributed by atoms with Crippen molar-refractivity contribution in [1.29, 1.82) is 0 Å². The van der Waals surface area contributed by atoms with E-state index in [9.17, 15) is 9.18 Å². The molecule has 0 aliphatic rings. The van der Waals surface area contributed by atoms with E-state index in [1.54, 1.807) is 24.3 Å². The molecule has 0 spiro atoms. The Kier molecular flexibility index (Phi) is 5.29. The molecule has 2 aromatic rings. The predicted octanol–water partition coefficient (Wildman–Crippen LogP) is 2.69. The van der Waals surface area contributed by atoms with E-state index in [0.29, 0.717) is 18.0 Å². The average molecular weight is 288 g/mol. The summed E-state index contributed by atoms with van der Waals surface area (Å²) in [6, 6.07) is 13.1. The SMILES string of the molecule is NCc1ccc(NC(=O)CCOc2cccc(F)c2)cc1. The number of carbonyl (C=O) groups excluding carboxylic acids is 1. The highest BCUT2D eigenvalue weighted by molar-refractivity contribution is 5.90. The third-order valence-corrected chi connectivity index (χ3v) is 2.87. The number of rotatable bonds is 6. The maximum atomic E-state index is 12.9. The molecule has 0 saturated heterocycles. The zero-order valence-electron chi connectivity index (χ0n) is 11.5. The molecule has 0 saturated carbocycles. The zero-order valence-corrected chi connectivity index (χ0v) is 11.5. The molecule has 0 atom stereocenters. The number of hydrogen-bond acceptors (Lipinski definition) is 3. The van der Waals surface area contributed by atoms with Crippen molar-refractivity contribution < 1.29 is 13.9 Å². The van der Waals surface area contributed by atoms with Gasteiger partial charge in [-0.05, 0) is 29.8 Å². The van der Waals surface area contributed by atoms with Crippen LogP contribution in [0.4, 0.5) is 10.1 Å². The molecule has 0 aromatic heterocycles. The van der Waals surface area contributed by atoms with Crippen LogP contribution in [0.3, 0.4) is 0 Å². The van der Waals surface area contributed by atoms with Crippen molar-refractivity contribution >= 4 is 11.6 Å². The minimum Gasteiger partial charge on any atom is -0.493 e.